The highest BCUT2D eigenvalue weighted by Gasteiger charge is 2.18. The second-order valence-corrected chi connectivity index (χ2v) is 6.63. The van der Waals surface area contributed by atoms with Gasteiger partial charge in [-0.3, -0.25) is 0 Å². The minimum absolute atomic E-state index is 0.738. The molecule has 1 unspecified atom stereocenters. The third kappa shape index (κ3) is 4.01. The molecule has 3 rings (SSSR count). The van der Waals surface area contributed by atoms with Crippen LogP contribution in [0.25, 0.3) is 0 Å². The van der Waals surface area contributed by atoms with Crippen molar-refractivity contribution >= 4 is 11.6 Å². The molecule has 1 aliphatic rings. The molecule has 0 amide bonds. The highest BCUT2D eigenvalue weighted by molar-refractivity contribution is 5.50. The van der Waals surface area contributed by atoms with E-state index in [1.165, 1.54) is 24.0 Å². The van der Waals surface area contributed by atoms with Gasteiger partial charge in [0.1, 0.15) is 17.5 Å². The van der Waals surface area contributed by atoms with E-state index in [0.29, 0.717) is 0 Å². The zero-order valence-corrected chi connectivity index (χ0v) is 14.3. The van der Waals surface area contributed by atoms with Crippen molar-refractivity contribution in [2.45, 2.75) is 40.2 Å². The van der Waals surface area contributed by atoms with Crippen molar-refractivity contribution in [2.24, 2.45) is 5.92 Å². The average Bonchev–Trinajstić information content (AvgIpc) is 2.54. The first kappa shape index (κ1) is 15.8. The minimum atomic E-state index is 0.738. The smallest absolute Gasteiger partial charge is 0.134 e. The summed E-state index contributed by atoms with van der Waals surface area (Å²) in [6.07, 6.45) is 2.56. The maximum atomic E-state index is 4.64. The molecule has 0 bridgehead atoms. The number of hydrogen-bond acceptors (Lipinski definition) is 4. The summed E-state index contributed by atoms with van der Waals surface area (Å²) >= 11 is 0. The van der Waals surface area contributed by atoms with Crippen LogP contribution in [0, 0.1) is 19.8 Å². The molecule has 1 aromatic heterocycles. The van der Waals surface area contributed by atoms with Gasteiger partial charge in [-0.05, 0) is 43.7 Å². The Kier molecular flexibility index (Phi) is 4.79. The SMILES string of the molecule is Cc1nc(NCc2ccccc2C)cc(N2CCCC(C)C2)n1. The van der Waals surface area contributed by atoms with Gasteiger partial charge in [-0.1, -0.05) is 31.2 Å². The van der Waals surface area contributed by atoms with Crippen LogP contribution in [0.3, 0.4) is 0 Å². The van der Waals surface area contributed by atoms with Gasteiger partial charge in [0.25, 0.3) is 0 Å². The van der Waals surface area contributed by atoms with E-state index in [1.807, 2.05) is 6.92 Å². The van der Waals surface area contributed by atoms with E-state index in [2.05, 4.69) is 64.4 Å². The quantitative estimate of drug-likeness (QED) is 0.928. The van der Waals surface area contributed by atoms with Crippen molar-refractivity contribution in [3.8, 4) is 0 Å². The van der Waals surface area contributed by atoms with Crippen molar-refractivity contribution in [3.05, 3.63) is 47.3 Å². The van der Waals surface area contributed by atoms with Gasteiger partial charge < -0.3 is 10.2 Å². The van der Waals surface area contributed by atoms with Crippen LogP contribution in [0.15, 0.2) is 30.3 Å². The molecule has 122 valence electrons. The fraction of sp³-hybridized carbons (Fsp3) is 0.474. The summed E-state index contributed by atoms with van der Waals surface area (Å²) in [5, 5.41) is 3.46. The summed E-state index contributed by atoms with van der Waals surface area (Å²) in [5.41, 5.74) is 2.60. The van der Waals surface area contributed by atoms with Crippen LogP contribution in [0.4, 0.5) is 11.6 Å². The van der Waals surface area contributed by atoms with Gasteiger partial charge in [-0.15, -0.1) is 0 Å². The number of rotatable bonds is 4. The molecule has 2 aromatic rings. The summed E-state index contributed by atoms with van der Waals surface area (Å²) in [4.78, 5) is 11.6. The zero-order valence-electron chi connectivity index (χ0n) is 14.3. The molecule has 4 nitrogen and oxygen atoms in total. The van der Waals surface area contributed by atoms with Gasteiger partial charge in [0.05, 0.1) is 0 Å². The average molecular weight is 310 g/mol. The first-order valence-corrected chi connectivity index (χ1v) is 8.51. The van der Waals surface area contributed by atoms with Gasteiger partial charge in [0.15, 0.2) is 0 Å². The van der Waals surface area contributed by atoms with Crippen molar-refractivity contribution in [1.82, 2.24) is 9.97 Å². The van der Waals surface area contributed by atoms with E-state index < -0.39 is 0 Å². The van der Waals surface area contributed by atoms with Crippen LogP contribution in [0.5, 0.6) is 0 Å². The summed E-state index contributed by atoms with van der Waals surface area (Å²) in [5.74, 6) is 3.53. The predicted molar refractivity (Wildman–Crippen MR) is 95.9 cm³/mol. The number of aryl methyl sites for hydroxylation is 2. The van der Waals surface area contributed by atoms with Crippen molar-refractivity contribution in [1.29, 1.82) is 0 Å². The number of piperidine rings is 1. The van der Waals surface area contributed by atoms with Crippen LogP contribution < -0.4 is 10.2 Å². The van der Waals surface area contributed by atoms with E-state index >= 15 is 0 Å². The third-order valence-electron chi connectivity index (χ3n) is 4.53. The summed E-state index contributed by atoms with van der Waals surface area (Å²) < 4.78 is 0. The van der Waals surface area contributed by atoms with Crippen LogP contribution in [0.2, 0.25) is 0 Å². The van der Waals surface area contributed by atoms with Gasteiger partial charge in [-0.25, -0.2) is 9.97 Å². The first-order valence-electron chi connectivity index (χ1n) is 8.51. The monoisotopic (exact) mass is 310 g/mol. The minimum Gasteiger partial charge on any atom is -0.366 e. The van der Waals surface area contributed by atoms with Gasteiger partial charge in [0.2, 0.25) is 0 Å². The second-order valence-electron chi connectivity index (χ2n) is 6.63. The second kappa shape index (κ2) is 6.99. The van der Waals surface area contributed by atoms with Crippen LogP contribution in [-0.2, 0) is 6.54 Å². The maximum Gasteiger partial charge on any atom is 0.134 e. The van der Waals surface area contributed by atoms with Gasteiger partial charge >= 0.3 is 0 Å². The molecule has 0 radical (unpaired) electrons. The first-order chi connectivity index (χ1) is 11.1. The number of aromatic nitrogens is 2. The Hall–Kier alpha value is -2.10. The van der Waals surface area contributed by atoms with Crippen LogP contribution in [0.1, 0.15) is 36.7 Å². The highest BCUT2D eigenvalue weighted by Crippen LogP contribution is 2.23. The number of nitrogens with zero attached hydrogens (tertiary/aromatic N) is 3. The molecule has 1 aliphatic heterocycles. The van der Waals surface area contributed by atoms with Gasteiger partial charge in [-0.2, -0.15) is 0 Å². The number of nitrogens with one attached hydrogen (secondary N) is 1. The molecule has 1 aromatic carbocycles. The normalized spacial score (nSPS) is 18.0. The van der Waals surface area contributed by atoms with Gasteiger partial charge in [0, 0.05) is 25.7 Å². The molecule has 1 fully saturated rings. The maximum absolute atomic E-state index is 4.64. The Bertz CT molecular complexity index is 668. The lowest BCUT2D eigenvalue weighted by Gasteiger charge is -2.32. The molecule has 1 atom stereocenters. The Balaban J connectivity index is 1.74. The lowest BCUT2D eigenvalue weighted by molar-refractivity contribution is 0.444. The molecular weight excluding hydrogens is 284 g/mol. The molecule has 0 spiro atoms. The van der Waals surface area contributed by atoms with E-state index in [9.17, 15) is 0 Å². The van der Waals surface area contributed by atoms with E-state index in [1.54, 1.807) is 0 Å². The van der Waals surface area contributed by atoms with Crippen molar-refractivity contribution in [2.75, 3.05) is 23.3 Å². The molecule has 2 heterocycles. The predicted octanol–water partition coefficient (Wildman–Crippen LogP) is 3.94. The fourth-order valence-corrected chi connectivity index (χ4v) is 3.20. The van der Waals surface area contributed by atoms with Crippen LogP contribution in [-0.4, -0.2) is 23.1 Å². The van der Waals surface area contributed by atoms with Crippen LogP contribution >= 0.6 is 0 Å². The highest BCUT2D eigenvalue weighted by atomic mass is 15.2. The standard InChI is InChI=1S/C19H26N4/c1-14-7-6-10-23(13-14)19-11-18(21-16(3)22-19)20-12-17-9-5-4-8-15(17)2/h4-5,8-9,11,14H,6-7,10,12-13H2,1-3H3,(H,20,21,22). The van der Waals surface area contributed by atoms with Crippen molar-refractivity contribution < 1.29 is 0 Å². The third-order valence-corrected chi connectivity index (χ3v) is 4.53. The zero-order chi connectivity index (χ0) is 16.2. The molecule has 1 saturated heterocycles. The molecular formula is C19H26N4. The molecule has 0 aliphatic carbocycles. The Morgan fingerprint density at radius 1 is 1.22 bits per heavy atom. The molecule has 23 heavy (non-hydrogen) atoms. The Labute approximate surface area is 139 Å². The number of benzene rings is 1. The number of anilines is 2. The number of hydrogen-bond donors (Lipinski definition) is 1. The lowest BCUT2D eigenvalue weighted by atomic mass is 10.0. The summed E-state index contributed by atoms with van der Waals surface area (Å²) in [6.45, 7) is 9.40. The van der Waals surface area contributed by atoms with E-state index in [4.69, 9.17) is 0 Å². The fourth-order valence-electron chi connectivity index (χ4n) is 3.20. The molecule has 4 heteroatoms. The molecule has 0 saturated carbocycles. The Morgan fingerprint density at radius 2 is 2.04 bits per heavy atom. The van der Waals surface area contributed by atoms with Crippen molar-refractivity contribution in [3.63, 3.8) is 0 Å². The summed E-state index contributed by atoms with van der Waals surface area (Å²) in [6, 6.07) is 10.5. The van der Waals surface area contributed by atoms with E-state index in [0.717, 1.165) is 43.0 Å². The topological polar surface area (TPSA) is 41.1 Å². The van der Waals surface area contributed by atoms with E-state index in [-0.39, 0.29) is 0 Å². The largest absolute Gasteiger partial charge is 0.366 e. The molecule has 1 N–H and O–H groups in total. The lowest BCUT2D eigenvalue weighted by Crippen LogP contribution is -2.35. The Morgan fingerprint density at radius 3 is 2.83 bits per heavy atom. The summed E-state index contributed by atoms with van der Waals surface area (Å²) in [7, 11) is 0.